The maximum absolute atomic E-state index is 11.9. The fraction of sp³-hybridized carbons (Fsp3) is 0.278. The third kappa shape index (κ3) is 2.51. The predicted molar refractivity (Wildman–Crippen MR) is 84.6 cm³/mol. The highest BCUT2D eigenvalue weighted by Gasteiger charge is 2.16. The second kappa shape index (κ2) is 5.70. The third-order valence-corrected chi connectivity index (χ3v) is 3.82. The molecular formula is C18H16N2O2. The molecule has 0 atom stereocenters. The van der Waals surface area contributed by atoms with Gasteiger partial charge in [-0.15, -0.1) is 0 Å². The van der Waals surface area contributed by atoms with E-state index in [1.807, 2.05) is 25.1 Å². The van der Waals surface area contributed by atoms with Gasteiger partial charge >= 0.3 is 0 Å². The van der Waals surface area contributed by atoms with Crippen molar-refractivity contribution in [2.75, 3.05) is 13.2 Å². The lowest BCUT2D eigenvalue weighted by atomic mass is 9.96. The standard InChI is InChI=1S/C18H16N2O2/c1-11-6-14(12(2)21)16-8-15(13-4-3-5-22-10-13)18(9-19)20-17(16)7-11/h4,6-8H,3,5,10H2,1-2H3. The molecule has 0 spiro atoms. The first-order valence-electron chi connectivity index (χ1n) is 7.23. The first kappa shape index (κ1) is 14.4. The molecule has 0 fully saturated rings. The highest BCUT2D eigenvalue weighted by atomic mass is 16.5. The van der Waals surface area contributed by atoms with Gasteiger partial charge in [0.15, 0.2) is 5.78 Å². The van der Waals surface area contributed by atoms with E-state index >= 15 is 0 Å². The summed E-state index contributed by atoms with van der Waals surface area (Å²) < 4.78 is 5.47. The van der Waals surface area contributed by atoms with Gasteiger partial charge in [0.25, 0.3) is 0 Å². The molecule has 2 aromatic rings. The zero-order chi connectivity index (χ0) is 15.7. The van der Waals surface area contributed by atoms with Crippen molar-refractivity contribution in [3.8, 4) is 6.07 Å². The minimum Gasteiger partial charge on any atom is -0.376 e. The lowest BCUT2D eigenvalue weighted by Crippen LogP contribution is -2.08. The maximum atomic E-state index is 11.9. The van der Waals surface area contributed by atoms with Gasteiger partial charge in [0, 0.05) is 16.5 Å². The topological polar surface area (TPSA) is 63.0 Å². The van der Waals surface area contributed by atoms with E-state index < -0.39 is 0 Å². The summed E-state index contributed by atoms with van der Waals surface area (Å²) in [5.41, 5.74) is 4.40. The van der Waals surface area contributed by atoms with Crippen LogP contribution in [-0.2, 0) is 4.74 Å². The normalized spacial score (nSPS) is 14.5. The van der Waals surface area contributed by atoms with Crippen molar-refractivity contribution >= 4 is 22.3 Å². The van der Waals surface area contributed by atoms with Crippen LogP contribution in [0.15, 0.2) is 24.3 Å². The van der Waals surface area contributed by atoms with Crippen LogP contribution in [0, 0.1) is 18.3 Å². The van der Waals surface area contributed by atoms with Crippen molar-refractivity contribution in [2.45, 2.75) is 20.3 Å². The van der Waals surface area contributed by atoms with Crippen molar-refractivity contribution < 1.29 is 9.53 Å². The molecule has 3 rings (SSSR count). The van der Waals surface area contributed by atoms with E-state index in [0.29, 0.717) is 30.0 Å². The number of rotatable bonds is 2. The molecule has 1 aromatic heterocycles. The zero-order valence-electron chi connectivity index (χ0n) is 12.6. The number of carbonyl (C=O) groups is 1. The monoisotopic (exact) mass is 292 g/mol. The van der Waals surface area contributed by atoms with Crippen LogP contribution in [0.2, 0.25) is 0 Å². The molecular weight excluding hydrogens is 276 g/mol. The van der Waals surface area contributed by atoms with E-state index in [-0.39, 0.29) is 5.78 Å². The summed E-state index contributed by atoms with van der Waals surface area (Å²) in [5.74, 6) is 0.0000291. The number of Topliss-reactive ketones (excluding diaryl/α,β-unsaturated/α-hetero) is 1. The second-order valence-corrected chi connectivity index (χ2v) is 5.50. The van der Waals surface area contributed by atoms with Gasteiger partial charge in [0.1, 0.15) is 11.8 Å². The minimum absolute atomic E-state index is 0.0000291. The maximum Gasteiger partial charge on any atom is 0.160 e. The Kier molecular flexibility index (Phi) is 3.74. The fourth-order valence-corrected chi connectivity index (χ4v) is 2.78. The number of hydrogen-bond donors (Lipinski definition) is 0. The predicted octanol–water partition coefficient (Wildman–Crippen LogP) is 3.42. The highest BCUT2D eigenvalue weighted by Crippen LogP contribution is 2.28. The molecule has 0 aliphatic carbocycles. The van der Waals surface area contributed by atoms with Gasteiger partial charge in [-0.1, -0.05) is 6.08 Å². The number of ether oxygens (including phenoxy) is 1. The number of benzene rings is 1. The Morgan fingerprint density at radius 3 is 2.82 bits per heavy atom. The van der Waals surface area contributed by atoms with E-state index in [9.17, 15) is 10.1 Å². The SMILES string of the molecule is CC(=O)c1cc(C)cc2nc(C#N)c(C3=CCCOC3)cc12. The molecule has 1 aromatic carbocycles. The van der Waals surface area contributed by atoms with E-state index in [4.69, 9.17) is 4.74 Å². The number of pyridine rings is 1. The molecule has 0 N–H and O–H groups in total. The second-order valence-electron chi connectivity index (χ2n) is 5.50. The van der Waals surface area contributed by atoms with Crippen molar-refractivity contribution in [3.63, 3.8) is 0 Å². The molecule has 4 heteroatoms. The van der Waals surface area contributed by atoms with Crippen LogP contribution >= 0.6 is 0 Å². The molecule has 2 heterocycles. The summed E-state index contributed by atoms with van der Waals surface area (Å²) in [6.45, 7) is 4.65. The van der Waals surface area contributed by atoms with Gasteiger partial charge < -0.3 is 4.74 Å². The van der Waals surface area contributed by atoms with Crippen LogP contribution in [-0.4, -0.2) is 24.0 Å². The van der Waals surface area contributed by atoms with Gasteiger partial charge in [-0.3, -0.25) is 4.79 Å². The summed E-state index contributed by atoms with van der Waals surface area (Å²) in [6.07, 6.45) is 2.90. The molecule has 0 radical (unpaired) electrons. The first-order valence-corrected chi connectivity index (χ1v) is 7.23. The van der Waals surface area contributed by atoms with Crippen molar-refractivity contribution in [1.82, 2.24) is 4.98 Å². The summed E-state index contributed by atoms with van der Waals surface area (Å²) in [5, 5.41) is 10.2. The van der Waals surface area contributed by atoms with Gasteiger partial charge in [-0.2, -0.15) is 5.26 Å². The number of carbonyl (C=O) groups excluding carboxylic acids is 1. The summed E-state index contributed by atoms with van der Waals surface area (Å²) in [6, 6.07) is 7.83. The van der Waals surface area contributed by atoms with Crippen LogP contribution in [0.4, 0.5) is 0 Å². The van der Waals surface area contributed by atoms with Gasteiger partial charge in [-0.25, -0.2) is 4.98 Å². The quantitative estimate of drug-likeness (QED) is 0.796. The molecule has 4 nitrogen and oxygen atoms in total. The van der Waals surface area contributed by atoms with Crippen LogP contribution < -0.4 is 0 Å². The highest BCUT2D eigenvalue weighted by molar-refractivity contribution is 6.07. The molecule has 0 bridgehead atoms. The van der Waals surface area contributed by atoms with Gasteiger partial charge in [0.2, 0.25) is 0 Å². The zero-order valence-corrected chi connectivity index (χ0v) is 12.6. The first-order chi connectivity index (χ1) is 10.6. The molecule has 0 unspecified atom stereocenters. The average molecular weight is 292 g/mol. The Hall–Kier alpha value is -2.51. The summed E-state index contributed by atoms with van der Waals surface area (Å²) in [4.78, 5) is 16.4. The Morgan fingerprint density at radius 2 is 2.18 bits per heavy atom. The molecule has 110 valence electrons. The van der Waals surface area contributed by atoms with Crippen LogP contribution in [0.1, 0.15) is 40.5 Å². The Bertz CT molecular complexity index is 844. The van der Waals surface area contributed by atoms with Crippen molar-refractivity contribution in [1.29, 1.82) is 5.26 Å². The smallest absolute Gasteiger partial charge is 0.160 e. The largest absolute Gasteiger partial charge is 0.376 e. The van der Waals surface area contributed by atoms with E-state index in [1.54, 1.807) is 6.92 Å². The number of aromatic nitrogens is 1. The number of nitrogens with zero attached hydrogens (tertiary/aromatic N) is 2. The number of nitriles is 1. The average Bonchev–Trinajstić information content (AvgIpc) is 2.53. The number of fused-ring (bicyclic) bond motifs is 1. The van der Waals surface area contributed by atoms with Crippen LogP contribution in [0.3, 0.4) is 0 Å². The molecule has 0 amide bonds. The Labute approximate surface area is 129 Å². The summed E-state index contributed by atoms with van der Waals surface area (Å²) >= 11 is 0. The van der Waals surface area contributed by atoms with Gasteiger partial charge in [-0.05, 0) is 49.6 Å². The number of aryl methyl sites for hydroxylation is 1. The van der Waals surface area contributed by atoms with Crippen LogP contribution in [0.5, 0.6) is 0 Å². The number of hydrogen-bond acceptors (Lipinski definition) is 4. The van der Waals surface area contributed by atoms with E-state index in [0.717, 1.165) is 28.5 Å². The Morgan fingerprint density at radius 1 is 1.36 bits per heavy atom. The van der Waals surface area contributed by atoms with E-state index in [1.165, 1.54) is 0 Å². The van der Waals surface area contributed by atoms with E-state index in [2.05, 4.69) is 17.1 Å². The van der Waals surface area contributed by atoms with Crippen LogP contribution in [0.25, 0.3) is 16.5 Å². The molecule has 1 aliphatic rings. The molecule has 22 heavy (non-hydrogen) atoms. The molecule has 0 saturated carbocycles. The summed E-state index contributed by atoms with van der Waals surface area (Å²) in [7, 11) is 0. The lowest BCUT2D eigenvalue weighted by Gasteiger charge is -2.16. The van der Waals surface area contributed by atoms with Crippen molar-refractivity contribution in [3.05, 3.63) is 46.7 Å². The lowest BCUT2D eigenvalue weighted by molar-refractivity contribution is 0.101. The number of ketones is 1. The van der Waals surface area contributed by atoms with Gasteiger partial charge in [0.05, 0.1) is 18.7 Å². The Balaban J connectivity index is 2.31. The molecule has 1 aliphatic heterocycles. The minimum atomic E-state index is 0.0000291. The molecule has 0 saturated heterocycles. The fourth-order valence-electron chi connectivity index (χ4n) is 2.78. The third-order valence-electron chi connectivity index (χ3n) is 3.82. The van der Waals surface area contributed by atoms with Crippen molar-refractivity contribution in [2.24, 2.45) is 0 Å².